The van der Waals surface area contributed by atoms with Crippen LogP contribution in [0.25, 0.3) is 0 Å². The molecular formula is C73H139NO5. The van der Waals surface area contributed by atoms with E-state index in [1.165, 1.54) is 315 Å². The lowest BCUT2D eigenvalue weighted by Gasteiger charge is -2.20. The summed E-state index contributed by atoms with van der Waals surface area (Å²) in [4.78, 5) is 24.6. The number of aliphatic hydroxyl groups is 2. The molecule has 0 heterocycles. The van der Waals surface area contributed by atoms with E-state index in [9.17, 15) is 19.8 Å². The van der Waals surface area contributed by atoms with Gasteiger partial charge in [0.15, 0.2) is 0 Å². The normalized spacial score (nSPS) is 12.7. The van der Waals surface area contributed by atoms with Gasteiger partial charge >= 0.3 is 5.97 Å². The highest BCUT2D eigenvalue weighted by molar-refractivity contribution is 5.76. The Kier molecular flexibility index (Phi) is 66.9. The number of amides is 1. The molecule has 0 saturated heterocycles. The molecule has 1 amide bonds. The minimum atomic E-state index is -0.842. The zero-order chi connectivity index (χ0) is 57.1. The van der Waals surface area contributed by atoms with Crippen LogP contribution in [-0.4, -0.2) is 47.4 Å². The number of nitrogens with one attached hydrogen (secondary N) is 1. The number of hydrogen-bond donors (Lipinski definition) is 3. The molecule has 79 heavy (non-hydrogen) atoms. The fourth-order valence-corrected chi connectivity index (χ4v) is 11.2. The number of carbonyl (C=O) groups excluding carboxylic acids is 2. The Morgan fingerprint density at radius 2 is 0.633 bits per heavy atom. The lowest BCUT2D eigenvalue weighted by molar-refractivity contribution is -0.143. The van der Waals surface area contributed by atoms with E-state index in [1.807, 2.05) is 6.08 Å². The van der Waals surface area contributed by atoms with Crippen molar-refractivity contribution in [1.82, 2.24) is 5.32 Å². The molecule has 0 radical (unpaired) electrons. The second-order valence-corrected chi connectivity index (χ2v) is 24.6. The number of carbonyl (C=O) groups is 2. The van der Waals surface area contributed by atoms with Crippen LogP contribution >= 0.6 is 0 Å². The van der Waals surface area contributed by atoms with Crippen molar-refractivity contribution in [2.45, 2.75) is 405 Å². The Hall–Kier alpha value is -1.92. The van der Waals surface area contributed by atoms with E-state index >= 15 is 0 Å². The lowest BCUT2D eigenvalue weighted by atomic mass is 10.0. The maximum atomic E-state index is 12.5. The number of allylic oxidation sites excluding steroid dienone is 5. The molecule has 0 aromatic carbocycles. The largest absolute Gasteiger partial charge is 0.466 e. The molecule has 6 heteroatoms. The molecule has 2 atom stereocenters. The van der Waals surface area contributed by atoms with Gasteiger partial charge in [-0.05, 0) is 64.2 Å². The Morgan fingerprint density at radius 3 is 0.975 bits per heavy atom. The molecule has 0 rings (SSSR count). The Bertz CT molecular complexity index is 1280. The zero-order valence-corrected chi connectivity index (χ0v) is 53.4. The Morgan fingerprint density at radius 1 is 0.354 bits per heavy atom. The van der Waals surface area contributed by atoms with Crippen LogP contribution in [0.15, 0.2) is 36.5 Å². The third kappa shape index (κ3) is 65.1. The highest BCUT2D eigenvalue weighted by atomic mass is 16.5. The molecule has 3 N–H and O–H groups in total. The van der Waals surface area contributed by atoms with Crippen LogP contribution in [0, 0.1) is 0 Å². The monoisotopic (exact) mass is 1110 g/mol. The second-order valence-electron chi connectivity index (χ2n) is 24.6. The van der Waals surface area contributed by atoms with Crippen LogP contribution in [0.3, 0.4) is 0 Å². The van der Waals surface area contributed by atoms with Gasteiger partial charge in [0.25, 0.3) is 0 Å². The highest BCUT2D eigenvalue weighted by Gasteiger charge is 2.18. The summed E-state index contributed by atoms with van der Waals surface area (Å²) in [5.74, 6) is -0.0501. The van der Waals surface area contributed by atoms with Gasteiger partial charge in [-0.3, -0.25) is 9.59 Å². The maximum Gasteiger partial charge on any atom is 0.305 e. The topological polar surface area (TPSA) is 95.9 Å². The van der Waals surface area contributed by atoms with E-state index in [2.05, 4.69) is 43.5 Å². The van der Waals surface area contributed by atoms with E-state index in [1.54, 1.807) is 6.08 Å². The molecule has 0 aromatic rings. The number of esters is 1. The zero-order valence-electron chi connectivity index (χ0n) is 53.4. The first kappa shape index (κ1) is 77.1. The summed E-state index contributed by atoms with van der Waals surface area (Å²) in [7, 11) is 0. The average Bonchev–Trinajstić information content (AvgIpc) is 3.45. The highest BCUT2D eigenvalue weighted by Crippen LogP contribution is 2.19. The van der Waals surface area contributed by atoms with Gasteiger partial charge in [-0.25, -0.2) is 0 Å². The minimum Gasteiger partial charge on any atom is -0.466 e. The summed E-state index contributed by atoms with van der Waals surface area (Å²) in [6.07, 6.45) is 88.0. The van der Waals surface area contributed by atoms with Crippen LogP contribution in [0.1, 0.15) is 393 Å². The number of unbranched alkanes of at least 4 members (excludes halogenated alkanes) is 52. The predicted molar refractivity (Wildman–Crippen MR) is 347 cm³/mol. The summed E-state index contributed by atoms with van der Waals surface area (Å²) in [5, 5.41) is 23.2. The molecule has 0 saturated carbocycles. The Labute approximate surface area is 494 Å². The van der Waals surface area contributed by atoms with Crippen LogP contribution < -0.4 is 5.32 Å². The fraction of sp³-hybridized carbons (Fsp3) is 0.890. The van der Waals surface area contributed by atoms with Crippen molar-refractivity contribution in [2.24, 2.45) is 0 Å². The third-order valence-electron chi connectivity index (χ3n) is 16.7. The first-order chi connectivity index (χ1) is 39.0. The third-order valence-corrected chi connectivity index (χ3v) is 16.7. The first-order valence-corrected chi connectivity index (χ1v) is 35.8. The molecule has 0 aliphatic carbocycles. The molecule has 0 aromatic heterocycles. The van der Waals surface area contributed by atoms with Crippen LogP contribution in [0.2, 0.25) is 0 Å². The van der Waals surface area contributed by atoms with Gasteiger partial charge in [-0.1, -0.05) is 352 Å². The smallest absolute Gasteiger partial charge is 0.305 e. The van der Waals surface area contributed by atoms with Gasteiger partial charge in [-0.15, -0.1) is 0 Å². The van der Waals surface area contributed by atoms with Gasteiger partial charge in [0.05, 0.1) is 25.4 Å². The van der Waals surface area contributed by atoms with E-state index < -0.39 is 12.1 Å². The summed E-state index contributed by atoms with van der Waals surface area (Å²) in [6, 6.07) is -0.625. The van der Waals surface area contributed by atoms with E-state index in [-0.39, 0.29) is 18.5 Å². The van der Waals surface area contributed by atoms with Crippen molar-refractivity contribution in [1.29, 1.82) is 0 Å². The van der Waals surface area contributed by atoms with E-state index in [4.69, 9.17) is 4.74 Å². The van der Waals surface area contributed by atoms with Crippen LogP contribution in [0.5, 0.6) is 0 Å². The molecule has 0 spiro atoms. The Balaban J connectivity index is 3.34. The van der Waals surface area contributed by atoms with E-state index in [0.29, 0.717) is 19.4 Å². The first-order valence-electron chi connectivity index (χ1n) is 35.8. The summed E-state index contributed by atoms with van der Waals surface area (Å²) in [5.41, 5.74) is 0. The van der Waals surface area contributed by atoms with Gasteiger partial charge < -0.3 is 20.3 Å². The van der Waals surface area contributed by atoms with Crippen molar-refractivity contribution in [3.05, 3.63) is 36.5 Å². The molecule has 0 bridgehead atoms. The van der Waals surface area contributed by atoms with Crippen molar-refractivity contribution in [3.8, 4) is 0 Å². The average molecular weight is 1110 g/mol. The molecule has 2 unspecified atom stereocenters. The van der Waals surface area contributed by atoms with Crippen LogP contribution in [-0.2, 0) is 14.3 Å². The lowest BCUT2D eigenvalue weighted by Crippen LogP contribution is -2.45. The molecule has 6 nitrogen and oxygen atoms in total. The van der Waals surface area contributed by atoms with Gasteiger partial charge in [-0.2, -0.15) is 0 Å². The molecule has 0 aliphatic rings. The van der Waals surface area contributed by atoms with Crippen LogP contribution in [0.4, 0.5) is 0 Å². The molecule has 0 fully saturated rings. The maximum absolute atomic E-state index is 12.5. The summed E-state index contributed by atoms with van der Waals surface area (Å²) < 4.78 is 5.50. The molecule has 466 valence electrons. The van der Waals surface area contributed by atoms with Crippen molar-refractivity contribution >= 4 is 11.9 Å². The van der Waals surface area contributed by atoms with Crippen molar-refractivity contribution in [3.63, 3.8) is 0 Å². The summed E-state index contributed by atoms with van der Waals surface area (Å²) in [6.45, 7) is 4.91. The van der Waals surface area contributed by atoms with Crippen molar-refractivity contribution < 1.29 is 24.5 Å². The van der Waals surface area contributed by atoms with Crippen molar-refractivity contribution in [2.75, 3.05) is 13.2 Å². The number of rotatable bonds is 67. The number of ether oxygens (including phenoxy) is 1. The summed E-state index contributed by atoms with van der Waals surface area (Å²) >= 11 is 0. The number of hydrogen-bond acceptors (Lipinski definition) is 5. The molecule has 0 aliphatic heterocycles. The SMILES string of the molecule is CCCCCC/C=C\C/C=C\CCCCCCCCCC(=O)OCCCCCCCCCCCCCCCCCCCCCCCCCCCCCCCC(=O)NC(CO)C(O)/C=C/CCCCCCCCCCCCCCC. The quantitative estimate of drug-likeness (QED) is 0.0320. The van der Waals surface area contributed by atoms with Gasteiger partial charge in [0.1, 0.15) is 0 Å². The van der Waals surface area contributed by atoms with E-state index in [0.717, 1.165) is 51.4 Å². The van der Waals surface area contributed by atoms with Gasteiger partial charge in [0.2, 0.25) is 5.91 Å². The second kappa shape index (κ2) is 68.6. The minimum absolute atomic E-state index is 0.0122. The number of aliphatic hydroxyl groups excluding tert-OH is 2. The molecular weight excluding hydrogens is 971 g/mol. The standard InChI is InChI=1S/C73H139NO5/c1-3-5-7-9-11-13-15-17-19-20-35-39-43-47-51-55-59-63-67-73(78)79-68-64-60-56-52-48-44-40-36-33-31-29-27-25-23-21-22-24-26-28-30-32-34-38-42-46-50-54-58-62-66-72(77)74-70(69-75)71(76)65-61-57-53-49-45-41-37-18-16-14-12-10-8-6-4-2/h13,15,19-20,61,65,70-71,75-76H,3-12,14,16-18,21-60,62-64,66-69H2,1-2H3,(H,74,77)/b15-13-,20-19-,65-61+. The predicted octanol–water partition coefficient (Wildman–Crippen LogP) is 23.1. The van der Waals surface area contributed by atoms with Gasteiger partial charge in [0, 0.05) is 12.8 Å². The fourth-order valence-electron chi connectivity index (χ4n) is 11.2.